The third kappa shape index (κ3) is 5.09. The van der Waals surface area contributed by atoms with Gasteiger partial charge in [-0.2, -0.15) is 13.2 Å². The van der Waals surface area contributed by atoms with E-state index in [9.17, 15) is 22.8 Å². The molecule has 144 valence electrons. The molecule has 1 fully saturated rings. The van der Waals surface area contributed by atoms with E-state index < -0.39 is 17.8 Å². The molecule has 0 aromatic carbocycles. The van der Waals surface area contributed by atoms with Crippen molar-refractivity contribution in [3.05, 3.63) is 23.9 Å². The monoisotopic (exact) mass is 372 g/mol. The van der Waals surface area contributed by atoms with Crippen molar-refractivity contribution < 1.29 is 22.8 Å². The Kier molecular flexibility index (Phi) is 6.44. The molecule has 1 aromatic heterocycles. The number of rotatable bonds is 5. The topological polar surface area (TPSA) is 74.3 Å². The van der Waals surface area contributed by atoms with Gasteiger partial charge in [-0.3, -0.25) is 9.59 Å². The van der Waals surface area contributed by atoms with Crippen LogP contribution in [0.1, 0.15) is 32.3 Å². The summed E-state index contributed by atoms with van der Waals surface area (Å²) in [5.74, 6) is -0.166. The first-order valence-electron chi connectivity index (χ1n) is 8.58. The highest BCUT2D eigenvalue weighted by Gasteiger charge is 2.31. The van der Waals surface area contributed by atoms with Crippen LogP contribution < -0.4 is 15.5 Å². The first kappa shape index (κ1) is 20.0. The van der Waals surface area contributed by atoms with Gasteiger partial charge in [0.1, 0.15) is 11.9 Å². The van der Waals surface area contributed by atoms with Crippen LogP contribution in [0.25, 0.3) is 0 Å². The van der Waals surface area contributed by atoms with E-state index in [2.05, 4.69) is 15.6 Å². The molecule has 0 saturated carbocycles. The van der Waals surface area contributed by atoms with E-state index in [4.69, 9.17) is 0 Å². The highest BCUT2D eigenvalue weighted by atomic mass is 19.4. The minimum Gasteiger partial charge on any atom is -0.357 e. The summed E-state index contributed by atoms with van der Waals surface area (Å²) in [6.45, 7) is 4.97. The zero-order chi connectivity index (χ0) is 19.3. The zero-order valence-corrected chi connectivity index (χ0v) is 14.8. The summed E-state index contributed by atoms with van der Waals surface area (Å²) in [7, 11) is 0. The fourth-order valence-electron chi connectivity index (χ4n) is 2.84. The number of aromatic nitrogens is 1. The Bertz CT molecular complexity index is 626. The molecule has 6 nitrogen and oxygen atoms in total. The van der Waals surface area contributed by atoms with E-state index in [-0.39, 0.29) is 17.7 Å². The van der Waals surface area contributed by atoms with Crippen molar-refractivity contribution in [1.29, 1.82) is 0 Å². The number of amides is 2. The summed E-state index contributed by atoms with van der Waals surface area (Å²) in [6.07, 6.45) is -2.48. The fraction of sp³-hybridized carbons (Fsp3) is 0.588. The summed E-state index contributed by atoms with van der Waals surface area (Å²) in [6, 6.07) is 1.76. The second kappa shape index (κ2) is 8.37. The number of halogens is 3. The number of piperidine rings is 1. The molecule has 0 radical (unpaired) electrons. The Morgan fingerprint density at radius 1 is 1.31 bits per heavy atom. The molecule has 2 rings (SSSR count). The highest BCUT2D eigenvalue weighted by Crippen LogP contribution is 2.30. The average molecular weight is 372 g/mol. The quantitative estimate of drug-likeness (QED) is 0.829. The molecule has 1 saturated heterocycles. The van der Waals surface area contributed by atoms with E-state index in [0.717, 1.165) is 12.3 Å². The minimum absolute atomic E-state index is 0.177. The first-order chi connectivity index (χ1) is 12.2. The van der Waals surface area contributed by atoms with Gasteiger partial charge in [-0.25, -0.2) is 4.98 Å². The number of carbonyl (C=O) groups excluding carboxylic acids is 2. The van der Waals surface area contributed by atoms with Crippen LogP contribution in [0.5, 0.6) is 0 Å². The van der Waals surface area contributed by atoms with Crippen molar-refractivity contribution in [2.75, 3.05) is 24.5 Å². The Balaban J connectivity index is 1.86. The number of anilines is 1. The van der Waals surface area contributed by atoms with Gasteiger partial charge in [0.2, 0.25) is 11.8 Å². The number of alkyl halides is 3. The molecule has 2 heterocycles. The van der Waals surface area contributed by atoms with Gasteiger partial charge >= 0.3 is 6.18 Å². The maximum absolute atomic E-state index is 12.6. The summed E-state index contributed by atoms with van der Waals surface area (Å²) < 4.78 is 37.8. The maximum Gasteiger partial charge on any atom is 0.417 e. The Morgan fingerprint density at radius 3 is 2.46 bits per heavy atom. The van der Waals surface area contributed by atoms with Gasteiger partial charge in [0, 0.05) is 31.7 Å². The number of nitrogens with one attached hydrogen (secondary N) is 2. The van der Waals surface area contributed by atoms with Gasteiger partial charge < -0.3 is 15.5 Å². The lowest BCUT2D eigenvalue weighted by atomic mass is 9.95. The molecule has 1 aliphatic rings. The third-order valence-corrected chi connectivity index (χ3v) is 4.37. The molecule has 0 aliphatic carbocycles. The molecule has 1 atom stereocenters. The standard InChI is InChI=1S/C17H23F3N4O2/c1-3-21-15(25)11(2)23-16(26)12-6-8-24(9-7-12)14-5-4-13(10-22-14)17(18,19)20/h4-5,10-12H,3,6-9H2,1-2H3,(H,21,25)(H,23,26)/t11-/m0/s1. The van der Waals surface area contributed by atoms with Gasteiger partial charge in [-0.05, 0) is 38.8 Å². The summed E-state index contributed by atoms with van der Waals surface area (Å²) >= 11 is 0. The summed E-state index contributed by atoms with van der Waals surface area (Å²) in [4.78, 5) is 29.7. The molecule has 0 bridgehead atoms. The van der Waals surface area contributed by atoms with Crippen molar-refractivity contribution in [1.82, 2.24) is 15.6 Å². The van der Waals surface area contributed by atoms with Crippen LogP contribution in [0.15, 0.2) is 18.3 Å². The fourth-order valence-corrected chi connectivity index (χ4v) is 2.84. The minimum atomic E-state index is -4.41. The summed E-state index contributed by atoms with van der Waals surface area (Å²) in [5, 5.41) is 5.35. The number of nitrogens with zero attached hydrogens (tertiary/aromatic N) is 2. The number of hydrogen-bond donors (Lipinski definition) is 2. The largest absolute Gasteiger partial charge is 0.417 e. The van der Waals surface area contributed by atoms with Crippen LogP contribution in [0.4, 0.5) is 19.0 Å². The molecule has 1 aliphatic heterocycles. The predicted molar refractivity (Wildman–Crippen MR) is 90.5 cm³/mol. The maximum atomic E-state index is 12.6. The van der Waals surface area contributed by atoms with Crippen LogP contribution in [0.3, 0.4) is 0 Å². The molecule has 0 spiro atoms. The zero-order valence-electron chi connectivity index (χ0n) is 14.8. The molecule has 2 amide bonds. The Morgan fingerprint density at radius 2 is 1.96 bits per heavy atom. The van der Waals surface area contributed by atoms with Crippen molar-refractivity contribution in [2.24, 2.45) is 5.92 Å². The van der Waals surface area contributed by atoms with Gasteiger partial charge in [-0.15, -0.1) is 0 Å². The van der Waals surface area contributed by atoms with Crippen LogP contribution in [-0.4, -0.2) is 42.5 Å². The van der Waals surface area contributed by atoms with Crippen LogP contribution in [0.2, 0.25) is 0 Å². The highest BCUT2D eigenvalue weighted by molar-refractivity contribution is 5.88. The SMILES string of the molecule is CCNC(=O)[C@H](C)NC(=O)C1CCN(c2ccc(C(F)(F)F)cn2)CC1. The number of pyridine rings is 1. The van der Waals surface area contributed by atoms with E-state index in [0.29, 0.717) is 38.3 Å². The molecule has 2 N–H and O–H groups in total. The predicted octanol–water partition coefficient (Wildman–Crippen LogP) is 1.96. The van der Waals surface area contributed by atoms with Crippen molar-refractivity contribution in [3.8, 4) is 0 Å². The molecule has 26 heavy (non-hydrogen) atoms. The van der Waals surface area contributed by atoms with Crippen molar-refractivity contribution >= 4 is 17.6 Å². The molecule has 0 unspecified atom stereocenters. The van der Waals surface area contributed by atoms with Gasteiger partial charge in [-0.1, -0.05) is 0 Å². The van der Waals surface area contributed by atoms with Gasteiger partial charge in [0.25, 0.3) is 0 Å². The van der Waals surface area contributed by atoms with Crippen LogP contribution >= 0.6 is 0 Å². The first-order valence-corrected chi connectivity index (χ1v) is 8.58. The van der Waals surface area contributed by atoms with E-state index in [1.165, 1.54) is 6.07 Å². The Labute approximate surface area is 150 Å². The van der Waals surface area contributed by atoms with Crippen LogP contribution in [0, 0.1) is 5.92 Å². The third-order valence-electron chi connectivity index (χ3n) is 4.37. The molecular weight excluding hydrogens is 349 g/mol. The lowest BCUT2D eigenvalue weighted by Crippen LogP contribution is -2.48. The smallest absolute Gasteiger partial charge is 0.357 e. The van der Waals surface area contributed by atoms with E-state index >= 15 is 0 Å². The van der Waals surface area contributed by atoms with E-state index in [1.807, 2.05) is 4.90 Å². The lowest BCUT2D eigenvalue weighted by Gasteiger charge is -2.32. The van der Waals surface area contributed by atoms with Gasteiger partial charge in [0.05, 0.1) is 5.56 Å². The lowest BCUT2D eigenvalue weighted by molar-refractivity contribution is -0.137. The molecule has 9 heteroatoms. The number of hydrogen-bond acceptors (Lipinski definition) is 4. The normalized spacial score (nSPS) is 16.9. The number of likely N-dealkylation sites (N-methyl/N-ethyl adjacent to an activating group) is 1. The summed E-state index contributed by atoms with van der Waals surface area (Å²) in [5.41, 5.74) is -0.783. The van der Waals surface area contributed by atoms with Crippen LogP contribution in [-0.2, 0) is 15.8 Å². The Hall–Kier alpha value is -2.32. The van der Waals surface area contributed by atoms with Crippen molar-refractivity contribution in [3.63, 3.8) is 0 Å². The second-order valence-electron chi connectivity index (χ2n) is 6.29. The second-order valence-corrected chi connectivity index (χ2v) is 6.29. The average Bonchev–Trinajstić information content (AvgIpc) is 2.61. The number of carbonyl (C=O) groups is 2. The van der Waals surface area contributed by atoms with Crippen molar-refractivity contribution in [2.45, 2.75) is 38.9 Å². The molecular formula is C17H23F3N4O2. The van der Waals surface area contributed by atoms with E-state index in [1.54, 1.807) is 13.8 Å². The molecule has 1 aromatic rings. The van der Waals surface area contributed by atoms with Gasteiger partial charge in [0.15, 0.2) is 0 Å².